The fourth-order valence-electron chi connectivity index (χ4n) is 0.579. The molecule has 0 radical (unpaired) electrons. The number of methoxy groups -OCH3 is 1. The summed E-state index contributed by atoms with van der Waals surface area (Å²) in [6.45, 7) is -6.64. The first-order valence-electron chi connectivity index (χ1n) is 3.84. The van der Waals surface area contributed by atoms with E-state index in [1.54, 1.807) is 0 Å². The molecule has 0 heterocycles. The molecule has 15 heavy (non-hydrogen) atoms. The summed E-state index contributed by atoms with van der Waals surface area (Å²) in [4.78, 5) is 0. The Morgan fingerprint density at radius 2 is 1.73 bits per heavy atom. The van der Waals surface area contributed by atoms with E-state index in [0.717, 1.165) is 0 Å². The highest BCUT2D eigenvalue weighted by atomic mass is 19.4. The average Bonchev–Trinajstić information content (AvgIpc) is 2.08. The highest BCUT2D eigenvalue weighted by Crippen LogP contribution is 2.25. The maximum absolute atomic E-state index is 11.9. The predicted octanol–water partition coefficient (Wildman–Crippen LogP) is 2.12. The molecule has 0 aliphatic rings. The zero-order chi connectivity index (χ0) is 11.9. The van der Waals surface area contributed by atoms with Crippen molar-refractivity contribution in [2.24, 2.45) is 0 Å². The molecule has 0 N–H and O–H groups in total. The van der Waals surface area contributed by atoms with Crippen molar-refractivity contribution in [3.05, 3.63) is 11.7 Å². The number of hydrogen-bond acceptors (Lipinski definition) is 3. The number of ether oxygens (including phenoxy) is 3. The fraction of sp³-hybridized carbons (Fsp3) is 0.667. The maximum atomic E-state index is 11.9. The summed E-state index contributed by atoms with van der Waals surface area (Å²) >= 11 is 0. The zero-order valence-corrected chi connectivity index (χ0v) is 7.81. The summed E-state index contributed by atoms with van der Waals surface area (Å²) in [5.41, 5.74) is -2.27. The molecule has 3 nitrogen and oxygen atoms in total. The molecule has 0 aromatic carbocycles. The minimum atomic E-state index is -5.85. The van der Waals surface area contributed by atoms with Gasteiger partial charge in [0.05, 0.1) is 13.2 Å². The van der Waals surface area contributed by atoms with Crippen LogP contribution in [0.25, 0.3) is 0 Å². The first kappa shape index (κ1) is 14.2. The zero-order valence-electron chi connectivity index (χ0n) is 7.81. The molecule has 0 saturated heterocycles. The Balaban J connectivity index is 3.97. The SMILES string of the molecule is COCCOCOC(=C(F)F)[B-](F)(F)F. The average molecular weight is 235 g/mol. The third kappa shape index (κ3) is 6.29. The summed E-state index contributed by atoms with van der Waals surface area (Å²) in [6, 6.07) is 0. The molecule has 0 aliphatic carbocycles. The van der Waals surface area contributed by atoms with Gasteiger partial charge in [0.15, 0.2) is 6.79 Å². The van der Waals surface area contributed by atoms with Crippen molar-refractivity contribution < 1.29 is 35.9 Å². The van der Waals surface area contributed by atoms with Crippen LogP contribution in [0, 0.1) is 0 Å². The van der Waals surface area contributed by atoms with E-state index < -0.39 is 25.5 Å². The molecular formula is C6H9BF5O3-. The second-order valence-electron chi connectivity index (χ2n) is 2.36. The van der Waals surface area contributed by atoms with Gasteiger partial charge in [-0.25, -0.2) is 0 Å². The van der Waals surface area contributed by atoms with E-state index in [1.165, 1.54) is 7.11 Å². The first-order valence-corrected chi connectivity index (χ1v) is 3.84. The second-order valence-corrected chi connectivity index (χ2v) is 2.36. The van der Waals surface area contributed by atoms with Crippen molar-refractivity contribution in [3.63, 3.8) is 0 Å². The molecule has 0 aliphatic heterocycles. The van der Waals surface area contributed by atoms with Crippen LogP contribution in [-0.4, -0.2) is 34.1 Å². The van der Waals surface area contributed by atoms with Crippen molar-refractivity contribution in [1.82, 2.24) is 0 Å². The van der Waals surface area contributed by atoms with Crippen LogP contribution in [-0.2, 0) is 14.2 Å². The van der Waals surface area contributed by atoms with Gasteiger partial charge in [-0.2, -0.15) is 8.78 Å². The molecule has 0 amide bonds. The van der Waals surface area contributed by atoms with Crippen LogP contribution >= 0.6 is 0 Å². The van der Waals surface area contributed by atoms with Crippen molar-refractivity contribution >= 4 is 6.98 Å². The van der Waals surface area contributed by atoms with Crippen LogP contribution in [0.15, 0.2) is 11.7 Å². The van der Waals surface area contributed by atoms with Gasteiger partial charge in [-0.1, -0.05) is 0 Å². The van der Waals surface area contributed by atoms with Gasteiger partial charge in [0, 0.05) is 7.11 Å². The first-order chi connectivity index (χ1) is 6.89. The summed E-state index contributed by atoms with van der Waals surface area (Å²) < 4.78 is 71.8. The Morgan fingerprint density at radius 1 is 1.13 bits per heavy atom. The lowest BCUT2D eigenvalue weighted by Gasteiger charge is -2.18. The largest absolute Gasteiger partial charge is 0.549 e. The third-order valence-electron chi connectivity index (χ3n) is 1.21. The van der Waals surface area contributed by atoms with E-state index >= 15 is 0 Å². The van der Waals surface area contributed by atoms with E-state index in [-0.39, 0.29) is 13.2 Å². The van der Waals surface area contributed by atoms with Gasteiger partial charge in [-0.05, 0) is 0 Å². The van der Waals surface area contributed by atoms with Crippen LogP contribution in [0.2, 0.25) is 0 Å². The molecule has 90 valence electrons. The van der Waals surface area contributed by atoms with Gasteiger partial charge in [0.2, 0.25) is 0 Å². The van der Waals surface area contributed by atoms with Crippen LogP contribution < -0.4 is 0 Å². The Hall–Kier alpha value is -0.825. The molecule has 0 fully saturated rings. The topological polar surface area (TPSA) is 27.7 Å². The number of hydrogen-bond donors (Lipinski definition) is 0. The van der Waals surface area contributed by atoms with Gasteiger partial charge in [0.25, 0.3) is 6.08 Å². The standard InChI is InChI=1S/C6H9BF5O3/c1-13-2-3-14-4-15-5(6(8)9)7(10,11)12/h2-4H2,1H3/q-1. The molecule has 0 unspecified atom stereocenters. The van der Waals surface area contributed by atoms with Gasteiger partial charge in [-0.3, -0.25) is 0 Å². The van der Waals surface area contributed by atoms with Crippen molar-refractivity contribution in [1.29, 1.82) is 0 Å². The lowest BCUT2D eigenvalue weighted by atomic mass is 9.89. The quantitative estimate of drug-likeness (QED) is 0.222. The Bertz CT molecular complexity index is 213. The third-order valence-corrected chi connectivity index (χ3v) is 1.21. The summed E-state index contributed by atoms with van der Waals surface area (Å²) in [5, 5.41) is 0. The molecule has 0 rings (SSSR count). The van der Waals surface area contributed by atoms with Crippen LogP contribution in [0.1, 0.15) is 0 Å². The van der Waals surface area contributed by atoms with E-state index in [0.29, 0.717) is 0 Å². The van der Waals surface area contributed by atoms with Crippen molar-refractivity contribution in [3.8, 4) is 0 Å². The van der Waals surface area contributed by atoms with E-state index in [2.05, 4.69) is 14.2 Å². The normalized spacial score (nSPS) is 11.3. The smallest absolute Gasteiger partial charge is 0.498 e. The van der Waals surface area contributed by atoms with Crippen LogP contribution in [0.5, 0.6) is 0 Å². The van der Waals surface area contributed by atoms with E-state index in [1.807, 2.05) is 0 Å². The molecule has 0 spiro atoms. The molecule has 0 atom stereocenters. The maximum Gasteiger partial charge on any atom is 0.549 e. The highest BCUT2D eigenvalue weighted by Gasteiger charge is 2.35. The summed E-state index contributed by atoms with van der Waals surface area (Å²) in [5.74, 6) is 0. The molecular weight excluding hydrogens is 226 g/mol. The molecule has 0 aromatic rings. The summed E-state index contributed by atoms with van der Waals surface area (Å²) in [7, 11) is 1.36. The lowest BCUT2D eigenvalue weighted by Crippen LogP contribution is -2.23. The van der Waals surface area contributed by atoms with E-state index in [4.69, 9.17) is 0 Å². The summed E-state index contributed by atoms with van der Waals surface area (Å²) in [6.07, 6.45) is -2.90. The molecule has 0 saturated carbocycles. The minimum absolute atomic E-state index is 0.0391. The predicted molar refractivity (Wildman–Crippen MR) is 42.1 cm³/mol. The van der Waals surface area contributed by atoms with Crippen LogP contribution in [0.4, 0.5) is 21.7 Å². The van der Waals surface area contributed by atoms with Crippen molar-refractivity contribution in [2.75, 3.05) is 27.1 Å². The Labute approximate surface area is 82.8 Å². The molecule has 0 bridgehead atoms. The monoisotopic (exact) mass is 235 g/mol. The number of halogens is 5. The van der Waals surface area contributed by atoms with Gasteiger partial charge in [0.1, 0.15) is 5.66 Å². The minimum Gasteiger partial charge on any atom is -0.498 e. The van der Waals surface area contributed by atoms with Crippen LogP contribution in [0.3, 0.4) is 0 Å². The van der Waals surface area contributed by atoms with Gasteiger partial charge < -0.3 is 27.2 Å². The van der Waals surface area contributed by atoms with Gasteiger partial charge >= 0.3 is 6.98 Å². The van der Waals surface area contributed by atoms with E-state index in [9.17, 15) is 21.7 Å². The van der Waals surface area contributed by atoms with Crippen molar-refractivity contribution in [2.45, 2.75) is 0 Å². The highest BCUT2D eigenvalue weighted by molar-refractivity contribution is 6.66. The molecule has 0 aromatic heterocycles. The fourth-order valence-corrected chi connectivity index (χ4v) is 0.579. The number of rotatable bonds is 7. The molecule has 9 heteroatoms. The second kappa shape index (κ2) is 6.62. The Morgan fingerprint density at radius 3 is 2.13 bits per heavy atom. The van der Waals surface area contributed by atoms with Gasteiger partial charge in [-0.15, -0.1) is 0 Å². The Kier molecular flexibility index (Phi) is 6.26. The lowest BCUT2D eigenvalue weighted by molar-refractivity contribution is -0.0403.